The van der Waals surface area contributed by atoms with E-state index >= 15 is 0 Å². The summed E-state index contributed by atoms with van der Waals surface area (Å²) >= 11 is 1.86. The van der Waals surface area contributed by atoms with Crippen molar-refractivity contribution in [2.24, 2.45) is 11.7 Å². The molecular weight excluding hydrogens is 266 g/mol. The number of ether oxygens (including phenoxy) is 1. The standard InChI is InChI=1S/C17H21NOS/c18-16(13-6-9-19-17(11-13)7-3-8-17)15-10-12-4-1-2-5-14(12)20-15/h1-2,4-5,10,13,16H,3,6-9,11,18H2. The highest BCUT2D eigenvalue weighted by molar-refractivity contribution is 7.19. The first-order chi connectivity index (χ1) is 9.76. The second-order valence-electron chi connectivity index (χ2n) is 6.35. The average Bonchev–Trinajstić information content (AvgIpc) is 2.89. The summed E-state index contributed by atoms with van der Waals surface area (Å²) in [5, 5.41) is 1.33. The van der Waals surface area contributed by atoms with E-state index in [0.717, 1.165) is 19.4 Å². The van der Waals surface area contributed by atoms with Gasteiger partial charge in [-0.05, 0) is 55.5 Å². The molecule has 1 spiro atoms. The molecule has 20 heavy (non-hydrogen) atoms. The van der Waals surface area contributed by atoms with E-state index in [1.54, 1.807) is 0 Å². The summed E-state index contributed by atoms with van der Waals surface area (Å²) in [5.41, 5.74) is 6.78. The number of benzene rings is 1. The molecule has 1 aliphatic heterocycles. The Hall–Kier alpha value is -0.900. The highest BCUT2D eigenvalue weighted by atomic mass is 32.1. The lowest BCUT2D eigenvalue weighted by Crippen LogP contribution is -2.47. The van der Waals surface area contributed by atoms with Gasteiger partial charge in [0.2, 0.25) is 0 Å². The van der Waals surface area contributed by atoms with E-state index in [1.807, 2.05) is 11.3 Å². The Balaban J connectivity index is 1.58. The predicted octanol–water partition coefficient (Wildman–Crippen LogP) is 4.25. The van der Waals surface area contributed by atoms with Crippen molar-refractivity contribution in [2.75, 3.05) is 6.61 Å². The number of hydrogen-bond acceptors (Lipinski definition) is 3. The molecule has 2 aromatic rings. The Morgan fingerprint density at radius 2 is 2.15 bits per heavy atom. The SMILES string of the molecule is NC(c1cc2ccccc2s1)C1CCOC2(CCC2)C1. The van der Waals surface area contributed by atoms with E-state index in [1.165, 1.54) is 34.2 Å². The zero-order chi connectivity index (χ0) is 13.6. The molecule has 1 saturated heterocycles. The molecule has 4 rings (SSSR count). The molecule has 106 valence electrons. The predicted molar refractivity (Wildman–Crippen MR) is 84.0 cm³/mol. The van der Waals surface area contributed by atoms with Gasteiger partial charge >= 0.3 is 0 Å². The van der Waals surface area contributed by atoms with Gasteiger partial charge in [0.1, 0.15) is 0 Å². The molecule has 2 aliphatic rings. The van der Waals surface area contributed by atoms with Gasteiger partial charge in [-0.3, -0.25) is 0 Å². The summed E-state index contributed by atoms with van der Waals surface area (Å²) in [6.07, 6.45) is 6.07. The van der Waals surface area contributed by atoms with E-state index in [2.05, 4.69) is 30.3 Å². The van der Waals surface area contributed by atoms with Crippen LogP contribution in [0.5, 0.6) is 0 Å². The molecule has 2 unspecified atom stereocenters. The van der Waals surface area contributed by atoms with E-state index in [-0.39, 0.29) is 11.6 Å². The first-order valence-corrected chi connectivity index (χ1v) is 8.45. The van der Waals surface area contributed by atoms with Crippen LogP contribution in [-0.4, -0.2) is 12.2 Å². The highest BCUT2D eigenvalue weighted by Gasteiger charge is 2.44. The zero-order valence-corrected chi connectivity index (χ0v) is 12.5. The van der Waals surface area contributed by atoms with Crippen molar-refractivity contribution in [1.29, 1.82) is 0 Å². The lowest BCUT2D eigenvalue weighted by atomic mass is 9.70. The van der Waals surface area contributed by atoms with Crippen molar-refractivity contribution in [1.82, 2.24) is 0 Å². The largest absolute Gasteiger partial charge is 0.375 e. The molecule has 1 aromatic carbocycles. The first-order valence-electron chi connectivity index (χ1n) is 7.64. The second-order valence-corrected chi connectivity index (χ2v) is 7.47. The summed E-state index contributed by atoms with van der Waals surface area (Å²) in [4.78, 5) is 1.34. The van der Waals surface area contributed by atoms with Gasteiger partial charge in [-0.1, -0.05) is 18.2 Å². The van der Waals surface area contributed by atoms with E-state index < -0.39 is 0 Å². The quantitative estimate of drug-likeness (QED) is 0.896. The highest BCUT2D eigenvalue weighted by Crippen LogP contribution is 2.47. The molecule has 0 bridgehead atoms. The minimum absolute atomic E-state index is 0.175. The normalized spacial score (nSPS) is 26.6. The summed E-state index contributed by atoms with van der Waals surface area (Å²) < 4.78 is 7.37. The first kappa shape index (κ1) is 12.8. The molecule has 3 heteroatoms. The third-order valence-corrected chi connectivity index (χ3v) is 6.29. The maximum atomic E-state index is 6.59. The van der Waals surface area contributed by atoms with Gasteiger partial charge in [0, 0.05) is 22.2 Å². The van der Waals surface area contributed by atoms with E-state index in [9.17, 15) is 0 Å². The van der Waals surface area contributed by atoms with Crippen molar-refractivity contribution < 1.29 is 4.74 Å². The summed E-state index contributed by atoms with van der Waals surface area (Å²) in [6, 6.07) is 11.0. The number of hydrogen-bond donors (Lipinski definition) is 1. The smallest absolute Gasteiger partial charge is 0.0686 e. The van der Waals surface area contributed by atoms with Gasteiger partial charge in [0.25, 0.3) is 0 Å². The van der Waals surface area contributed by atoms with Gasteiger partial charge in [-0.2, -0.15) is 0 Å². The molecule has 1 aliphatic carbocycles. The summed E-state index contributed by atoms with van der Waals surface area (Å²) in [5.74, 6) is 0.581. The van der Waals surface area contributed by atoms with Crippen LogP contribution in [0.1, 0.15) is 43.0 Å². The molecule has 0 amide bonds. The topological polar surface area (TPSA) is 35.2 Å². The third kappa shape index (κ3) is 2.09. The van der Waals surface area contributed by atoms with Crippen LogP contribution in [0, 0.1) is 5.92 Å². The zero-order valence-electron chi connectivity index (χ0n) is 11.7. The number of thiophene rings is 1. The minimum atomic E-state index is 0.175. The van der Waals surface area contributed by atoms with Crippen LogP contribution in [0.15, 0.2) is 30.3 Å². The maximum Gasteiger partial charge on any atom is 0.0686 e. The van der Waals surface area contributed by atoms with Gasteiger partial charge in [0.05, 0.1) is 5.60 Å². The molecule has 2 heterocycles. The fourth-order valence-corrected chi connectivity index (χ4v) is 4.85. The van der Waals surface area contributed by atoms with Crippen molar-refractivity contribution in [3.8, 4) is 0 Å². The molecule has 2 atom stereocenters. The number of fused-ring (bicyclic) bond motifs is 1. The Labute approximate surface area is 123 Å². The van der Waals surface area contributed by atoms with Crippen LogP contribution in [-0.2, 0) is 4.74 Å². The lowest BCUT2D eigenvalue weighted by Gasteiger charge is -2.48. The molecule has 2 N–H and O–H groups in total. The number of rotatable bonds is 2. The molecule has 1 saturated carbocycles. The van der Waals surface area contributed by atoms with E-state index in [4.69, 9.17) is 10.5 Å². The Bertz CT molecular complexity index is 583. The molecule has 1 aromatic heterocycles. The van der Waals surface area contributed by atoms with Crippen LogP contribution >= 0.6 is 11.3 Å². The van der Waals surface area contributed by atoms with Crippen molar-refractivity contribution >= 4 is 21.4 Å². The molecule has 2 fully saturated rings. The Morgan fingerprint density at radius 1 is 1.30 bits per heavy atom. The fourth-order valence-electron chi connectivity index (χ4n) is 3.69. The van der Waals surface area contributed by atoms with Gasteiger partial charge in [-0.15, -0.1) is 11.3 Å². The monoisotopic (exact) mass is 287 g/mol. The third-order valence-electron chi connectivity index (χ3n) is 5.08. The molecule has 0 radical (unpaired) electrons. The van der Waals surface area contributed by atoms with Crippen molar-refractivity contribution in [3.63, 3.8) is 0 Å². The average molecular weight is 287 g/mol. The van der Waals surface area contributed by atoms with E-state index in [0.29, 0.717) is 5.92 Å². The van der Waals surface area contributed by atoms with Crippen LogP contribution in [0.4, 0.5) is 0 Å². The Morgan fingerprint density at radius 3 is 2.90 bits per heavy atom. The van der Waals surface area contributed by atoms with Crippen LogP contribution in [0.25, 0.3) is 10.1 Å². The molecule has 2 nitrogen and oxygen atoms in total. The van der Waals surface area contributed by atoms with Crippen molar-refractivity contribution in [3.05, 3.63) is 35.2 Å². The molecular formula is C17H21NOS. The van der Waals surface area contributed by atoms with Gasteiger partial charge in [0.15, 0.2) is 0 Å². The van der Waals surface area contributed by atoms with Crippen LogP contribution in [0.2, 0.25) is 0 Å². The lowest BCUT2D eigenvalue weighted by molar-refractivity contribution is -0.146. The second kappa shape index (κ2) is 4.83. The van der Waals surface area contributed by atoms with Crippen molar-refractivity contribution in [2.45, 2.75) is 43.7 Å². The fraction of sp³-hybridized carbons (Fsp3) is 0.529. The minimum Gasteiger partial charge on any atom is -0.375 e. The number of nitrogens with two attached hydrogens (primary N) is 1. The summed E-state index contributed by atoms with van der Waals surface area (Å²) in [7, 11) is 0. The summed E-state index contributed by atoms with van der Waals surface area (Å²) in [6.45, 7) is 0.892. The van der Waals surface area contributed by atoms with Crippen LogP contribution < -0.4 is 5.73 Å². The van der Waals surface area contributed by atoms with Crippen LogP contribution in [0.3, 0.4) is 0 Å². The van der Waals surface area contributed by atoms with Gasteiger partial charge < -0.3 is 10.5 Å². The Kier molecular flexibility index (Phi) is 3.09. The van der Waals surface area contributed by atoms with Gasteiger partial charge in [-0.25, -0.2) is 0 Å². The maximum absolute atomic E-state index is 6.59.